The highest BCUT2D eigenvalue weighted by molar-refractivity contribution is 6.30. The molecule has 2 aromatic rings. The minimum absolute atomic E-state index is 0.0315. The number of halogens is 1. The second-order valence-corrected chi connectivity index (χ2v) is 5.71. The summed E-state index contributed by atoms with van der Waals surface area (Å²) in [6, 6.07) is 7.15. The van der Waals surface area contributed by atoms with Crippen molar-refractivity contribution in [3.8, 4) is 5.75 Å². The quantitative estimate of drug-likeness (QED) is 0.920. The third kappa shape index (κ3) is 3.09. The van der Waals surface area contributed by atoms with Crippen molar-refractivity contribution in [2.45, 2.75) is 25.5 Å². The second-order valence-electron chi connectivity index (χ2n) is 5.27. The van der Waals surface area contributed by atoms with Gasteiger partial charge in [0.2, 0.25) is 5.82 Å². The summed E-state index contributed by atoms with van der Waals surface area (Å²) in [4.78, 5) is 4.34. The number of nitrogens with one attached hydrogen (secondary N) is 1. The highest BCUT2D eigenvalue weighted by Crippen LogP contribution is 2.35. The van der Waals surface area contributed by atoms with Gasteiger partial charge in [-0.05, 0) is 44.7 Å². The molecule has 1 heterocycles. The lowest BCUT2D eigenvalue weighted by atomic mass is 9.80. The highest BCUT2D eigenvalue weighted by Gasteiger charge is 2.33. The Hall–Kier alpha value is -1.85. The Morgan fingerprint density at radius 1 is 1.38 bits per heavy atom. The number of hydrogen-bond donors (Lipinski definition) is 1. The first-order chi connectivity index (χ1) is 10.1. The van der Waals surface area contributed by atoms with Crippen molar-refractivity contribution in [3.63, 3.8) is 0 Å². The predicted molar refractivity (Wildman–Crippen MR) is 80.1 cm³/mol. The van der Waals surface area contributed by atoms with Gasteiger partial charge < -0.3 is 14.6 Å². The van der Waals surface area contributed by atoms with E-state index in [-0.39, 0.29) is 12.1 Å². The van der Waals surface area contributed by atoms with E-state index < -0.39 is 0 Å². The van der Waals surface area contributed by atoms with E-state index in [0.29, 0.717) is 16.7 Å². The maximum Gasteiger partial charge on any atom is 0.253 e. The normalized spacial score (nSPS) is 20.8. The summed E-state index contributed by atoms with van der Waals surface area (Å²) in [5.74, 6) is 1.81. The molecule has 1 aliphatic rings. The molecule has 0 aliphatic heterocycles. The summed E-state index contributed by atoms with van der Waals surface area (Å²) < 4.78 is 10.8. The fourth-order valence-corrected chi connectivity index (χ4v) is 2.30. The van der Waals surface area contributed by atoms with E-state index in [1.54, 1.807) is 24.3 Å². The average Bonchev–Trinajstić information content (AvgIpc) is 2.92. The van der Waals surface area contributed by atoms with Crippen LogP contribution in [-0.2, 0) is 6.61 Å². The maximum atomic E-state index is 5.82. The molecule has 0 amide bonds. The van der Waals surface area contributed by atoms with Gasteiger partial charge in [0.05, 0.1) is 0 Å². The number of aromatic nitrogens is 2. The Bertz CT molecular complexity index is 666. The fraction of sp³-hybridized carbons (Fsp3) is 0.333. The fourth-order valence-electron chi connectivity index (χ4n) is 2.17. The number of likely N-dealkylation sites (N-methyl/N-ethyl adjacent to an activating group) is 1. The molecule has 1 aliphatic carbocycles. The molecule has 110 valence electrons. The minimum Gasteiger partial charge on any atom is -0.485 e. The molecule has 0 radical (unpaired) electrons. The number of benzene rings is 1. The molecule has 0 saturated heterocycles. The lowest BCUT2D eigenvalue weighted by Gasteiger charge is -2.34. The number of rotatable bonds is 5. The Morgan fingerprint density at radius 3 is 2.76 bits per heavy atom. The van der Waals surface area contributed by atoms with Crippen molar-refractivity contribution in [1.82, 2.24) is 15.5 Å². The van der Waals surface area contributed by atoms with E-state index in [1.165, 1.54) is 0 Å². The Labute approximate surface area is 127 Å². The van der Waals surface area contributed by atoms with Crippen molar-refractivity contribution < 1.29 is 9.26 Å². The summed E-state index contributed by atoms with van der Waals surface area (Å²) in [5, 5.41) is 7.84. The lowest BCUT2D eigenvalue weighted by Crippen LogP contribution is -2.43. The van der Waals surface area contributed by atoms with Gasteiger partial charge in [-0.25, -0.2) is 0 Å². The zero-order valence-corrected chi connectivity index (χ0v) is 12.6. The van der Waals surface area contributed by atoms with Crippen LogP contribution in [0.15, 0.2) is 34.9 Å². The molecule has 1 N–H and O–H groups in total. The van der Waals surface area contributed by atoms with E-state index in [1.807, 2.05) is 7.05 Å². The second kappa shape index (κ2) is 5.50. The molecule has 1 atom stereocenters. The third-order valence-electron chi connectivity index (χ3n) is 3.55. The number of nitrogens with zero attached hydrogens (tertiary/aromatic N) is 2. The van der Waals surface area contributed by atoms with Crippen LogP contribution < -0.4 is 10.1 Å². The van der Waals surface area contributed by atoms with E-state index in [2.05, 4.69) is 28.5 Å². The number of ether oxygens (including phenoxy) is 1. The van der Waals surface area contributed by atoms with Gasteiger partial charge in [-0.3, -0.25) is 0 Å². The van der Waals surface area contributed by atoms with Gasteiger partial charge >= 0.3 is 0 Å². The van der Waals surface area contributed by atoms with Crippen molar-refractivity contribution >= 4 is 17.2 Å². The van der Waals surface area contributed by atoms with Crippen LogP contribution in [0.25, 0.3) is 5.57 Å². The third-order valence-corrected chi connectivity index (χ3v) is 3.80. The van der Waals surface area contributed by atoms with Crippen molar-refractivity contribution in [2.24, 2.45) is 0 Å². The molecule has 6 heteroatoms. The first-order valence-electron chi connectivity index (χ1n) is 6.70. The van der Waals surface area contributed by atoms with Gasteiger partial charge in [-0.1, -0.05) is 22.8 Å². The largest absolute Gasteiger partial charge is 0.485 e. The van der Waals surface area contributed by atoms with Gasteiger partial charge in [-0.15, -0.1) is 0 Å². The van der Waals surface area contributed by atoms with Crippen LogP contribution in [0.3, 0.4) is 0 Å². The molecule has 1 aromatic carbocycles. The van der Waals surface area contributed by atoms with Gasteiger partial charge in [0.15, 0.2) is 6.61 Å². The topological polar surface area (TPSA) is 60.2 Å². The summed E-state index contributed by atoms with van der Waals surface area (Å²) >= 11 is 5.82. The average molecular weight is 306 g/mol. The van der Waals surface area contributed by atoms with Gasteiger partial charge in [0.1, 0.15) is 5.75 Å². The standard InChI is InChI=1S/C15H16ClN3O2/c1-15(17-2)7-10(8-15)14-18-13(19-21-14)9-20-12-5-3-11(16)4-6-12/h3-7,17H,8-9H2,1-2H3. The van der Waals surface area contributed by atoms with Crippen LogP contribution in [0.5, 0.6) is 5.75 Å². The molecular weight excluding hydrogens is 290 g/mol. The van der Waals surface area contributed by atoms with Crippen molar-refractivity contribution in [1.29, 1.82) is 0 Å². The monoisotopic (exact) mass is 305 g/mol. The molecule has 0 saturated carbocycles. The predicted octanol–water partition coefficient (Wildman–Crippen LogP) is 3.07. The van der Waals surface area contributed by atoms with Crippen LogP contribution >= 0.6 is 11.6 Å². The van der Waals surface area contributed by atoms with Crippen molar-refractivity contribution in [2.75, 3.05) is 7.05 Å². The first kappa shape index (κ1) is 14.1. The highest BCUT2D eigenvalue weighted by atomic mass is 35.5. The van der Waals surface area contributed by atoms with Crippen molar-refractivity contribution in [3.05, 3.63) is 47.1 Å². The smallest absolute Gasteiger partial charge is 0.253 e. The van der Waals surface area contributed by atoms with E-state index in [4.69, 9.17) is 20.9 Å². The zero-order valence-electron chi connectivity index (χ0n) is 11.9. The summed E-state index contributed by atoms with van der Waals surface area (Å²) in [6.07, 6.45) is 2.98. The van der Waals surface area contributed by atoms with Gasteiger partial charge in [0.25, 0.3) is 5.89 Å². The van der Waals surface area contributed by atoms with Gasteiger partial charge in [0, 0.05) is 16.1 Å². The molecular formula is C15H16ClN3O2. The van der Waals surface area contributed by atoms with E-state index in [0.717, 1.165) is 17.7 Å². The van der Waals surface area contributed by atoms with Crippen LogP contribution in [0.2, 0.25) is 5.02 Å². The SMILES string of the molecule is CNC1(C)C=C(c2nc(COc3ccc(Cl)cc3)no2)C1. The van der Waals surface area contributed by atoms with E-state index >= 15 is 0 Å². The van der Waals surface area contributed by atoms with Crippen LogP contribution in [0.1, 0.15) is 25.1 Å². The Balaban J connectivity index is 1.61. The zero-order chi connectivity index (χ0) is 14.9. The lowest BCUT2D eigenvalue weighted by molar-refractivity contribution is 0.286. The van der Waals surface area contributed by atoms with Gasteiger partial charge in [-0.2, -0.15) is 4.98 Å². The number of hydrogen-bond acceptors (Lipinski definition) is 5. The maximum absolute atomic E-state index is 5.82. The molecule has 0 spiro atoms. The van der Waals surface area contributed by atoms with Crippen LogP contribution in [-0.4, -0.2) is 22.7 Å². The van der Waals surface area contributed by atoms with Crippen LogP contribution in [0, 0.1) is 0 Å². The molecule has 1 unspecified atom stereocenters. The molecule has 1 aromatic heterocycles. The minimum atomic E-state index is 0.0315. The summed E-state index contributed by atoms with van der Waals surface area (Å²) in [7, 11) is 1.94. The molecule has 3 rings (SSSR count). The molecule has 0 bridgehead atoms. The Morgan fingerprint density at radius 2 is 2.10 bits per heavy atom. The molecule has 0 fully saturated rings. The van der Waals surface area contributed by atoms with Crippen LogP contribution in [0.4, 0.5) is 0 Å². The first-order valence-corrected chi connectivity index (χ1v) is 7.08. The Kier molecular flexibility index (Phi) is 3.69. The summed E-state index contributed by atoms with van der Waals surface area (Å²) in [5.41, 5.74) is 1.10. The molecule has 5 nitrogen and oxygen atoms in total. The summed E-state index contributed by atoms with van der Waals surface area (Å²) in [6.45, 7) is 2.39. The van der Waals surface area contributed by atoms with E-state index in [9.17, 15) is 0 Å². The molecule has 21 heavy (non-hydrogen) atoms.